The first-order chi connectivity index (χ1) is 13.0. The minimum atomic E-state index is -0.556. The number of aromatic nitrogens is 3. The normalized spacial score (nSPS) is 13.1. The number of H-pyrrole nitrogens is 1. The van der Waals surface area contributed by atoms with Gasteiger partial charge in [0.25, 0.3) is 0 Å². The third-order valence-electron chi connectivity index (χ3n) is 4.08. The number of carbonyl (C=O) groups excluding carboxylic acids is 2. The summed E-state index contributed by atoms with van der Waals surface area (Å²) < 4.78 is 5.19. The lowest BCUT2D eigenvalue weighted by molar-refractivity contribution is -0.113. The number of aromatic amines is 1. The van der Waals surface area contributed by atoms with Crippen molar-refractivity contribution in [2.24, 2.45) is 0 Å². The molecule has 0 radical (unpaired) electrons. The molecule has 2 aromatic rings. The summed E-state index contributed by atoms with van der Waals surface area (Å²) in [7, 11) is 0. The van der Waals surface area contributed by atoms with E-state index < -0.39 is 11.7 Å². The van der Waals surface area contributed by atoms with Crippen molar-refractivity contribution in [1.82, 2.24) is 15.2 Å². The number of carbonyl (C=O) groups is 2. The molecule has 0 fully saturated rings. The molecule has 2 heterocycles. The van der Waals surface area contributed by atoms with Gasteiger partial charge < -0.3 is 10.1 Å². The van der Waals surface area contributed by atoms with Gasteiger partial charge in [-0.25, -0.2) is 14.7 Å². The molecule has 144 valence electrons. The number of hydrogen-bond donors (Lipinski definition) is 2. The van der Waals surface area contributed by atoms with Gasteiger partial charge in [0.15, 0.2) is 0 Å². The van der Waals surface area contributed by atoms with Crippen LogP contribution in [0.1, 0.15) is 46.3 Å². The van der Waals surface area contributed by atoms with Gasteiger partial charge in [0, 0.05) is 4.88 Å². The zero-order chi connectivity index (χ0) is 19.4. The third kappa shape index (κ3) is 4.56. The van der Waals surface area contributed by atoms with E-state index in [0.29, 0.717) is 21.3 Å². The number of fused-ring (bicyclic) bond motifs is 1. The molecular weight excluding hydrogens is 388 g/mol. The number of thioether (sulfide) groups is 1. The van der Waals surface area contributed by atoms with Gasteiger partial charge in [-0.3, -0.25) is 4.79 Å². The molecule has 1 aliphatic carbocycles. The molecule has 10 heteroatoms. The number of ether oxygens (including phenoxy) is 1. The van der Waals surface area contributed by atoms with Crippen LogP contribution in [0.4, 0.5) is 5.00 Å². The van der Waals surface area contributed by atoms with E-state index in [0.717, 1.165) is 47.9 Å². The zero-order valence-corrected chi connectivity index (χ0v) is 16.7. The molecule has 0 saturated carbocycles. The molecule has 2 N–H and O–H groups in total. The van der Waals surface area contributed by atoms with Crippen LogP contribution in [0.2, 0.25) is 0 Å². The standard InChI is InChI=1S/C17H20N4O4S2/c1-3-25-16(23)13-10-6-4-5-7-11(10)27-15(13)18-12(22)8-26-14-9(2)20-21-17(24)19-14/h3-8H2,1-2H3,(H,18,22)(H,19,21,24). The highest BCUT2D eigenvalue weighted by atomic mass is 32.2. The first kappa shape index (κ1) is 19.6. The van der Waals surface area contributed by atoms with Gasteiger partial charge in [0.1, 0.15) is 10.0 Å². The molecule has 2 aromatic heterocycles. The first-order valence-corrected chi connectivity index (χ1v) is 10.5. The highest BCUT2D eigenvalue weighted by molar-refractivity contribution is 8.00. The summed E-state index contributed by atoms with van der Waals surface area (Å²) >= 11 is 2.58. The lowest BCUT2D eigenvalue weighted by atomic mass is 9.95. The van der Waals surface area contributed by atoms with Gasteiger partial charge in [-0.1, -0.05) is 11.8 Å². The van der Waals surface area contributed by atoms with Crippen molar-refractivity contribution in [2.45, 2.75) is 44.6 Å². The van der Waals surface area contributed by atoms with E-state index in [1.807, 2.05) is 0 Å². The van der Waals surface area contributed by atoms with E-state index in [1.54, 1.807) is 13.8 Å². The Kier molecular flexibility index (Phi) is 6.27. The van der Waals surface area contributed by atoms with Gasteiger partial charge in [-0.05, 0) is 45.1 Å². The molecule has 0 atom stereocenters. The predicted octanol–water partition coefficient (Wildman–Crippen LogP) is 2.32. The molecule has 1 aliphatic rings. The van der Waals surface area contributed by atoms with E-state index >= 15 is 0 Å². The molecule has 0 spiro atoms. The highest BCUT2D eigenvalue weighted by Crippen LogP contribution is 2.38. The Bertz CT molecular complexity index is 922. The van der Waals surface area contributed by atoms with E-state index in [9.17, 15) is 14.4 Å². The molecule has 0 bridgehead atoms. The van der Waals surface area contributed by atoms with Crippen LogP contribution in [0, 0.1) is 6.92 Å². The second-order valence-electron chi connectivity index (χ2n) is 6.00. The lowest BCUT2D eigenvalue weighted by Crippen LogP contribution is -2.18. The quantitative estimate of drug-likeness (QED) is 0.557. The van der Waals surface area contributed by atoms with Crippen molar-refractivity contribution in [3.05, 3.63) is 32.2 Å². The van der Waals surface area contributed by atoms with E-state index in [1.165, 1.54) is 11.3 Å². The fourth-order valence-corrected chi connectivity index (χ4v) is 4.92. The number of nitrogens with one attached hydrogen (secondary N) is 2. The molecule has 1 amide bonds. The van der Waals surface area contributed by atoms with Crippen molar-refractivity contribution in [3.63, 3.8) is 0 Å². The first-order valence-electron chi connectivity index (χ1n) is 8.67. The summed E-state index contributed by atoms with van der Waals surface area (Å²) in [4.78, 5) is 41.1. The van der Waals surface area contributed by atoms with Gasteiger partial charge in [-0.15, -0.1) is 11.3 Å². The van der Waals surface area contributed by atoms with Crippen LogP contribution < -0.4 is 11.0 Å². The Morgan fingerprint density at radius 1 is 1.33 bits per heavy atom. The fraction of sp³-hybridized carbons (Fsp3) is 0.471. The minimum absolute atomic E-state index is 0.0593. The Hall–Kier alpha value is -2.20. The highest BCUT2D eigenvalue weighted by Gasteiger charge is 2.27. The average molecular weight is 409 g/mol. The number of nitrogens with zero attached hydrogens (tertiary/aromatic N) is 2. The van der Waals surface area contributed by atoms with Gasteiger partial charge in [0.05, 0.1) is 23.6 Å². The van der Waals surface area contributed by atoms with Gasteiger partial charge >= 0.3 is 11.7 Å². The van der Waals surface area contributed by atoms with Crippen LogP contribution in [0.3, 0.4) is 0 Å². The molecule has 0 saturated heterocycles. The SMILES string of the molecule is CCOC(=O)c1c(NC(=O)CSc2nc(=O)[nH]nc2C)sc2c1CCCC2. The zero-order valence-electron chi connectivity index (χ0n) is 15.1. The minimum Gasteiger partial charge on any atom is -0.462 e. The number of aryl methyl sites for hydroxylation is 2. The second kappa shape index (κ2) is 8.66. The smallest absolute Gasteiger partial charge is 0.362 e. The average Bonchev–Trinajstić information content (AvgIpc) is 3.00. The Balaban J connectivity index is 1.75. The van der Waals surface area contributed by atoms with Crippen molar-refractivity contribution >= 4 is 40.0 Å². The molecular formula is C17H20N4O4S2. The largest absolute Gasteiger partial charge is 0.462 e. The predicted molar refractivity (Wildman–Crippen MR) is 104 cm³/mol. The van der Waals surface area contributed by atoms with Crippen LogP contribution in [-0.4, -0.2) is 39.4 Å². The number of anilines is 1. The summed E-state index contributed by atoms with van der Waals surface area (Å²) in [6, 6.07) is 0. The van der Waals surface area contributed by atoms with Crippen LogP contribution >= 0.6 is 23.1 Å². The Morgan fingerprint density at radius 3 is 2.89 bits per heavy atom. The van der Waals surface area contributed by atoms with Gasteiger partial charge in [0.2, 0.25) is 5.91 Å². The summed E-state index contributed by atoms with van der Waals surface area (Å²) in [5.41, 5.74) is 1.48. The summed E-state index contributed by atoms with van der Waals surface area (Å²) in [6.45, 7) is 3.75. The van der Waals surface area contributed by atoms with Crippen LogP contribution in [0.15, 0.2) is 9.82 Å². The molecule has 0 aliphatic heterocycles. The van der Waals surface area contributed by atoms with Crippen molar-refractivity contribution < 1.29 is 14.3 Å². The number of thiophene rings is 1. The summed E-state index contributed by atoms with van der Waals surface area (Å²) in [5.74, 6) is -0.606. The second-order valence-corrected chi connectivity index (χ2v) is 8.07. The summed E-state index contributed by atoms with van der Waals surface area (Å²) in [5, 5.41) is 9.86. The molecule has 27 heavy (non-hydrogen) atoms. The number of esters is 1. The lowest BCUT2D eigenvalue weighted by Gasteiger charge is -2.12. The van der Waals surface area contributed by atoms with Crippen molar-refractivity contribution in [1.29, 1.82) is 0 Å². The maximum absolute atomic E-state index is 12.4. The van der Waals surface area contributed by atoms with Crippen LogP contribution in [0.25, 0.3) is 0 Å². The van der Waals surface area contributed by atoms with Crippen LogP contribution in [-0.2, 0) is 22.4 Å². The third-order valence-corrected chi connectivity index (χ3v) is 6.35. The monoisotopic (exact) mass is 408 g/mol. The van der Waals surface area contributed by atoms with E-state index in [-0.39, 0.29) is 18.3 Å². The molecule has 0 aromatic carbocycles. The topological polar surface area (TPSA) is 114 Å². The van der Waals surface area contributed by atoms with E-state index in [4.69, 9.17) is 4.74 Å². The number of hydrogen-bond acceptors (Lipinski definition) is 8. The maximum atomic E-state index is 12.4. The molecule has 0 unspecified atom stereocenters. The summed E-state index contributed by atoms with van der Waals surface area (Å²) in [6.07, 6.45) is 3.85. The van der Waals surface area contributed by atoms with Crippen molar-refractivity contribution in [3.8, 4) is 0 Å². The fourth-order valence-electron chi connectivity index (χ4n) is 2.88. The van der Waals surface area contributed by atoms with E-state index in [2.05, 4.69) is 20.5 Å². The maximum Gasteiger partial charge on any atom is 0.362 e. The number of rotatable bonds is 6. The molecule has 8 nitrogen and oxygen atoms in total. The number of amides is 1. The molecule has 3 rings (SSSR count). The van der Waals surface area contributed by atoms with Gasteiger partial charge in [-0.2, -0.15) is 10.1 Å². The Labute approximate surface area is 164 Å². The Morgan fingerprint density at radius 2 is 2.11 bits per heavy atom. The van der Waals surface area contributed by atoms with Crippen molar-refractivity contribution in [2.75, 3.05) is 17.7 Å². The van der Waals surface area contributed by atoms with Crippen LogP contribution in [0.5, 0.6) is 0 Å².